The van der Waals surface area contributed by atoms with Gasteiger partial charge in [-0.25, -0.2) is 0 Å². The number of hydrogen-bond acceptors (Lipinski definition) is 3. The summed E-state index contributed by atoms with van der Waals surface area (Å²) in [5, 5.41) is 0. The van der Waals surface area contributed by atoms with E-state index in [2.05, 4.69) is 65.6 Å². The molecule has 26 heavy (non-hydrogen) atoms. The summed E-state index contributed by atoms with van der Waals surface area (Å²) in [6, 6.07) is 21.6. The summed E-state index contributed by atoms with van der Waals surface area (Å²) in [5.74, 6) is 0.473. The molecule has 1 saturated carbocycles. The van der Waals surface area contributed by atoms with E-state index >= 15 is 0 Å². The zero-order valence-corrected chi connectivity index (χ0v) is 15.5. The van der Waals surface area contributed by atoms with Crippen molar-refractivity contribution in [3.63, 3.8) is 0 Å². The van der Waals surface area contributed by atoms with Gasteiger partial charge in [0.1, 0.15) is 0 Å². The Balaban J connectivity index is 1.39. The normalized spacial score (nSPS) is 20.0. The first-order valence-corrected chi connectivity index (χ1v) is 9.89. The minimum Gasteiger partial charge on any atom is -0.348 e. The van der Waals surface area contributed by atoms with Gasteiger partial charge in [-0.2, -0.15) is 0 Å². The summed E-state index contributed by atoms with van der Waals surface area (Å²) in [7, 11) is 0. The van der Waals surface area contributed by atoms with Crippen LogP contribution in [0.4, 0.5) is 0 Å². The minimum absolute atomic E-state index is 0.250. The molecule has 138 valence electrons. The SMILES string of the molecule is c1ccc(CN(Cc2ccccc2)CC2CCC3(CC2)OCCO3)cc1. The molecule has 1 aliphatic carbocycles. The van der Waals surface area contributed by atoms with Gasteiger partial charge < -0.3 is 9.47 Å². The number of rotatable bonds is 6. The third-order valence-electron chi connectivity index (χ3n) is 5.69. The van der Waals surface area contributed by atoms with E-state index < -0.39 is 0 Å². The maximum atomic E-state index is 5.89. The van der Waals surface area contributed by atoms with Crippen LogP contribution in [0.1, 0.15) is 36.8 Å². The van der Waals surface area contributed by atoms with Crippen LogP contribution in [0, 0.1) is 5.92 Å². The summed E-state index contributed by atoms with van der Waals surface area (Å²) < 4.78 is 11.8. The van der Waals surface area contributed by atoms with Crippen LogP contribution >= 0.6 is 0 Å². The van der Waals surface area contributed by atoms with Gasteiger partial charge in [-0.05, 0) is 29.9 Å². The molecular weight excluding hydrogens is 322 g/mol. The molecule has 1 saturated heterocycles. The highest BCUT2D eigenvalue weighted by Gasteiger charge is 2.40. The van der Waals surface area contributed by atoms with Crippen LogP contribution in [-0.4, -0.2) is 30.4 Å². The maximum absolute atomic E-state index is 5.89. The summed E-state index contributed by atoms with van der Waals surface area (Å²) in [5.41, 5.74) is 2.77. The van der Waals surface area contributed by atoms with Gasteiger partial charge in [0.05, 0.1) is 13.2 Å². The van der Waals surface area contributed by atoms with Crippen LogP contribution in [0.3, 0.4) is 0 Å². The van der Waals surface area contributed by atoms with Crippen LogP contribution in [0.15, 0.2) is 60.7 Å². The predicted molar refractivity (Wildman–Crippen MR) is 104 cm³/mol. The van der Waals surface area contributed by atoms with Crippen molar-refractivity contribution in [1.29, 1.82) is 0 Å². The van der Waals surface area contributed by atoms with E-state index in [4.69, 9.17) is 9.47 Å². The van der Waals surface area contributed by atoms with Gasteiger partial charge in [0.25, 0.3) is 0 Å². The number of nitrogens with zero attached hydrogens (tertiary/aromatic N) is 1. The molecule has 0 radical (unpaired) electrons. The van der Waals surface area contributed by atoms with Gasteiger partial charge in [-0.3, -0.25) is 4.90 Å². The molecule has 0 atom stereocenters. The fourth-order valence-electron chi connectivity index (χ4n) is 4.32. The smallest absolute Gasteiger partial charge is 0.168 e. The second kappa shape index (κ2) is 8.34. The van der Waals surface area contributed by atoms with Crippen molar-refractivity contribution in [2.75, 3.05) is 19.8 Å². The molecule has 0 bridgehead atoms. The lowest BCUT2D eigenvalue weighted by Gasteiger charge is -2.37. The Morgan fingerprint density at radius 1 is 0.769 bits per heavy atom. The van der Waals surface area contributed by atoms with E-state index in [9.17, 15) is 0 Å². The Hall–Kier alpha value is -1.68. The van der Waals surface area contributed by atoms with Crippen molar-refractivity contribution >= 4 is 0 Å². The van der Waals surface area contributed by atoms with Crippen LogP contribution in [-0.2, 0) is 22.6 Å². The van der Waals surface area contributed by atoms with Crippen LogP contribution < -0.4 is 0 Å². The quantitative estimate of drug-likeness (QED) is 0.758. The summed E-state index contributed by atoms with van der Waals surface area (Å²) in [6.45, 7) is 4.67. The lowest BCUT2D eigenvalue weighted by molar-refractivity contribution is -0.183. The van der Waals surface area contributed by atoms with Gasteiger partial charge >= 0.3 is 0 Å². The molecule has 0 amide bonds. The van der Waals surface area contributed by atoms with E-state index in [0.29, 0.717) is 0 Å². The molecule has 2 aromatic carbocycles. The Morgan fingerprint density at radius 3 is 1.77 bits per heavy atom. The topological polar surface area (TPSA) is 21.7 Å². The fraction of sp³-hybridized carbons (Fsp3) is 0.478. The molecule has 1 aliphatic heterocycles. The first-order valence-electron chi connectivity index (χ1n) is 9.89. The third kappa shape index (κ3) is 4.53. The average Bonchev–Trinajstić information content (AvgIpc) is 3.14. The molecule has 1 spiro atoms. The second-order valence-corrected chi connectivity index (χ2v) is 7.69. The molecule has 2 aliphatic rings. The molecule has 0 N–H and O–H groups in total. The molecule has 3 heteroatoms. The highest BCUT2D eigenvalue weighted by molar-refractivity contribution is 5.17. The molecule has 2 fully saturated rings. The zero-order valence-electron chi connectivity index (χ0n) is 15.5. The lowest BCUT2D eigenvalue weighted by atomic mass is 9.84. The Labute approximate surface area is 156 Å². The first kappa shape index (κ1) is 17.7. The second-order valence-electron chi connectivity index (χ2n) is 7.69. The number of ether oxygens (including phenoxy) is 2. The van der Waals surface area contributed by atoms with Crippen molar-refractivity contribution in [2.45, 2.75) is 44.6 Å². The standard InChI is InChI=1S/C23H29NO2/c1-3-7-20(8-4-1)17-24(18-21-9-5-2-6-10-21)19-22-11-13-23(14-12-22)25-15-16-26-23/h1-10,22H,11-19H2. The van der Waals surface area contributed by atoms with E-state index in [1.807, 2.05) is 0 Å². The predicted octanol–water partition coefficient (Wildman–Crippen LogP) is 4.62. The van der Waals surface area contributed by atoms with Crippen molar-refractivity contribution in [3.8, 4) is 0 Å². The van der Waals surface area contributed by atoms with Crippen molar-refractivity contribution < 1.29 is 9.47 Å². The van der Waals surface area contributed by atoms with Crippen molar-refractivity contribution in [2.24, 2.45) is 5.92 Å². The lowest BCUT2D eigenvalue weighted by Crippen LogP contribution is -2.38. The van der Waals surface area contributed by atoms with E-state index in [1.54, 1.807) is 0 Å². The fourth-order valence-corrected chi connectivity index (χ4v) is 4.32. The summed E-state index contributed by atoms with van der Waals surface area (Å²) in [4.78, 5) is 2.60. The Bertz CT molecular complexity index is 616. The molecule has 3 nitrogen and oxygen atoms in total. The molecule has 2 aromatic rings. The maximum Gasteiger partial charge on any atom is 0.168 e. The van der Waals surface area contributed by atoms with Crippen LogP contribution in [0.25, 0.3) is 0 Å². The van der Waals surface area contributed by atoms with Crippen molar-refractivity contribution in [1.82, 2.24) is 4.90 Å². The molecule has 1 heterocycles. The van der Waals surface area contributed by atoms with Gasteiger partial charge in [0.15, 0.2) is 5.79 Å². The van der Waals surface area contributed by atoms with Gasteiger partial charge in [0, 0.05) is 32.5 Å². The molecule has 0 unspecified atom stereocenters. The van der Waals surface area contributed by atoms with Crippen LogP contribution in [0.2, 0.25) is 0 Å². The highest BCUT2D eigenvalue weighted by atomic mass is 16.7. The summed E-state index contributed by atoms with van der Waals surface area (Å²) >= 11 is 0. The number of benzene rings is 2. The van der Waals surface area contributed by atoms with Gasteiger partial charge in [-0.1, -0.05) is 60.7 Å². The Morgan fingerprint density at radius 2 is 1.27 bits per heavy atom. The van der Waals surface area contributed by atoms with Crippen LogP contribution in [0.5, 0.6) is 0 Å². The Kier molecular flexibility index (Phi) is 5.68. The largest absolute Gasteiger partial charge is 0.348 e. The first-order chi connectivity index (χ1) is 12.8. The van der Waals surface area contributed by atoms with Gasteiger partial charge in [0.2, 0.25) is 0 Å². The molecule has 0 aromatic heterocycles. The highest BCUT2D eigenvalue weighted by Crippen LogP contribution is 2.38. The molecule has 4 rings (SSSR count). The monoisotopic (exact) mass is 351 g/mol. The minimum atomic E-state index is -0.250. The number of hydrogen-bond donors (Lipinski definition) is 0. The van der Waals surface area contributed by atoms with E-state index in [-0.39, 0.29) is 5.79 Å². The van der Waals surface area contributed by atoms with Crippen molar-refractivity contribution in [3.05, 3.63) is 71.8 Å². The zero-order chi connectivity index (χ0) is 17.7. The van der Waals surface area contributed by atoms with E-state index in [0.717, 1.165) is 51.6 Å². The third-order valence-corrected chi connectivity index (χ3v) is 5.69. The van der Waals surface area contributed by atoms with Gasteiger partial charge in [-0.15, -0.1) is 0 Å². The molecular formula is C23H29NO2. The summed E-state index contributed by atoms with van der Waals surface area (Å²) in [6.07, 6.45) is 4.48. The average molecular weight is 351 g/mol. The van der Waals surface area contributed by atoms with E-state index in [1.165, 1.54) is 24.0 Å².